The van der Waals surface area contributed by atoms with Gasteiger partial charge in [-0.1, -0.05) is 11.6 Å². The summed E-state index contributed by atoms with van der Waals surface area (Å²) in [5.41, 5.74) is 0.319. The van der Waals surface area contributed by atoms with E-state index in [0.29, 0.717) is 5.56 Å². The second-order valence-corrected chi connectivity index (χ2v) is 3.52. The van der Waals surface area contributed by atoms with Gasteiger partial charge in [0.2, 0.25) is 0 Å². The molecule has 0 aliphatic heterocycles. The van der Waals surface area contributed by atoms with Crippen molar-refractivity contribution in [1.29, 1.82) is 0 Å². The SMILES string of the molecule is Cc1cnc2c(F)c(F)c(F)cc2c1Cl. The van der Waals surface area contributed by atoms with Crippen LogP contribution in [-0.4, -0.2) is 4.98 Å². The summed E-state index contributed by atoms with van der Waals surface area (Å²) in [7, 11) is 0. The van der Waals surface area contributed by atoms with Crippen molar-refractivity contribution in [3.63, 3.8) is 0 Å². The van der Waals surface area contributed by atoms with Crippen molar-refractivity contribution < 1.29 is 13.2 Å². The highest BCUT2D eigenvalue weighted by Gasteiger charge is 2.16. The summed E-state index contributed by atoms with van der Waals surface area (Å²) in [6.45, 7) is 1.65. The molecular weight excluding hydrogens is 227 g/mol. The molecule has 0 N–H and O–H groups in total. The minimum absolute atomic E-state index is 0.0769. The lowest BCUT2D eigenvalue weighted by Crippen LogP contribution is -1.95. The lowest BCUT2D eigenvalue weighted by atomic mass is 10.1. The summed E-state index contributed by atoms with van der Waals surface area (Å²) in [6.07, 6.45) is 1.31. The van der Waals surface area contributed by atoms with Crippen molar-refractivity contribution in [3.8, 4) is 0 Å². The number of hydrogen-bond donors (Lipinski definition) is 0. The van der Waals surface area contributed by atoms with Crippen molar-refractivity contribution in [3.05, 3.63) is 40.3 Å². The molecule has 0 aliphatic rings. The maximum atomic E-state index is 13.2. The third-order valence-electron chi connectivity index (χ3n) is 2.11. The number of aryl methyl sites for hydroxylation is 1. The number of pyridine rings is 1. The summed E-state index contributed by atoms with van der Waals surface area (Å²) >= 11 is 5.83. The first-order chi connectivity index (χ1) is 7.02. The maximum Gasteiger partial charge on any atom is 0.196 e. The van der Waals surface area contributed by atoms with E-state index in [-0.39, 0.29) is 15.9 Å². The van der Waals surface area contributed by atoms with Gasteiger partial charge in [0.25, 0.3) is 0 Å². The Hall–Kier alpha value is -1.29. The number of benzene rings is 1. The van der Waals surface area contributed by atoms with Crippen molar-refractivity contribution in [2.24, 2.45) is 0 Å². The Bertz CT molecular complexity index is 554. The quantitative estimate of drug-likeness (QED) is 0.631. The molecule has 5 heteroatoms. The van der Waals surface area contributed by atoms with Gasteiger partial charge < -0.3 is 0 Å². The van der Waals surface area contributed by atoms with E-state index in [1.54, 1.807) is 6.92 Å². The molecule has 1 aromatic carbocycles. The highest BCUT2D eigenvalue weighted by atomic mass is 35.5. The summed E-state index contributed by atoms with van der Waals surface area (Å²) in [5, 5.41) is 0.255. The lowest BCUT2D eigenvalue weighted by molar-refractivity contribution is 0.452. The number of aromatic nitrogens is 1. The van der Waals surface area contributed by atoms with Gasteiger partial charge in [0.1, 0.15) is 5.52 Å². The van der Waals surface area contributed by atoms with Crippen molar-refractivity contribution in [2.45, 2.75) is 6.92 Å². The van der Waals surface area contributed by atoms with Gasteiger partial charge in [-0.25, -0.2) is 13.2 Å². The summed E-state index contributed by atoms with van der Waals surface area (Å²) in [5.74, 6) is -4.11. The maximum absolute atomic E-state index is 13.2. The Labute approximate surface area is 88.5 Å². The van der Waals surface area contributed by atoms with E-state index >= 15 is 0 Å². The van der Waals surface area contributed by atoms with E-state index in [0.717, 1.165) is 6.07 Å². The monoisotopic (exact) mass is 231 g/mol. The van der Waals surface area contributed by atoms with Gasteiger partial charge >= 0.3 is 0 Å². The van der Waals surface area contributed by atoms with E-state index in [2.05, 4.69) is 4.98 Å². The molecule has 0 radical (unpaired) electrons. The molecule has 0 spiro atoms. The molecule has 1 aromatic heterocycles. The van der Waals surface area contributed by atoms with Gasteiger partial charge in [-0.15, -0.1) is 0 Å². The van der Waals surface area contributed by atoms with Crippen molar-refractivity contribution in [2.75, 3.05) is 0 Å². The van der Waals surface area contributed by atoms with Crippen LogP contribution in [0.3, 0.4) is 0 Å². The predicted molar refractivity (Wildman–Crippen MR) is 51.4 cm³/mol. The zero-order chi connectivity index (χ0) is 11.2. The van der Waals surface area contributed by atoms with Gasteiger partial charge in [0.15, 0.2) is 17.5 Å². The third-order valence-corrected chi connectivity index (χ3v) is 2.61. The van der Waals surface area contributed by atoms with Crippen LogP contribution in [0.1, 0.15) is 5.56 Å². The van der Waals surface area contributed by atoms with Crippen LogP contribution in [0.5, 0.6) is 0 Å². The molecule has 15 heavy (non-hydrogen) atoms. The Morgan fingerprint density at radius 2 is 1.87 bits per heavy atom. The number of hydrogen-bond acceptors (Lipinski definition) is 1. The first-order valence-corrected chi connectivity index (χ1v) is 4.48. The molecule has 0 unspecified atom stereocenters. The van der Waals surface area contributed by atoms with Crippen LogP contribution < -0.4 is 0 Å². The van der Waals surface area contributed by atoms with Gasteiger partial charge in [0.05, 0.1) is 5.02 Å². The summed E-state index contributed by atoms with van der Waals surface area (Å²) < 4.78 is 39.0. The Morgan fingerprint density at radius 1 is 1.20 bits per heavy atom. The molecule has 2 rings (SSSR count). The van der Waals surface area contributed by atoms with E-state index < -0.39 is 17.5 Å². The number of fused-ring (bicyclic) bond motifs is 1. The van der Waals surface area contributed by atoms with Crippen LogP contribution in [0.2, 0.25) is 5.02 Å². The van der Waals surface area contributed by atoms with Crippen molar-refractivity contribution in [1.82, 2.24) is 4.98 Å². The van der Waals surface area contributed by atoms with Gasteiger partial charge in [-0.2, -0.15) is 0 Å². The van der Waals surface area contributed by atoms with Crippen molar-refractivity contribution >= 4 is 22.5 Å². The molecule has 0 saturated heterocycles. The van der Waals surface area contributed by atoms with Crippen LogP contribution in [-0.2, 0) is 0 Å². The highest BCUT2D eigenvalue weighted by molar-refractivity contribution is 6.36. The Kier molecular flexibility index (Phi) is 2.31. The topological polar surface area (TPSA) is 12.9 Å². The fourth-order valence-electron chi connectivity index (χ4n) is 1.31. The Morgan fingerprint density at radius 3 is 2.53 bits per heavy atom. The smallest absolute Gasteiger partial charge is 0.196 e. The van der Waals surface area contributed by atoms with Crippen LogP contribution in [0, 0.1) is 24.4 Å². The molecule has 0 aliphatic carbocycles. The largest absolute Gasteiger partial charge is 0.253 e. The normalized spacial score (nSPS) is 11.0. The first kappa shape index (κ1) is 10.2. The second-order valence-electron chi connectivity index (χ2n) is 3.14. The molecular formula is C10H5ClF3N. The molecule has 0 bridgehead atoms. The summed E-state index contributed by atoms with van der Waals surface area (Å²) in [6, 6.07) is 0.843. The average Bonchev–Trinajstić information content (AvgIpc) is 2.21. The molecule has 0 saturated carbocycles. The van der Waals surface area contributed by atoms with Crippen LogP contribution >= 0.6 is 11.6 Å². The van der Waals surface area contributed by atoms with Crippen LogP contribution in [0.25, 0.3) is 10.9 Å². The average molecular weight is 232 g/mol. The standard InChI is InChI=1S/C10H5ClF3N/c1-4-3-15-10-5(7(4)11)2-6(12)8(13)9(10)14/h2-3H,1H3. The zero-order valence-corrected chi connectivity index (χ0v) is 8.37. The van der Waals surface area contributed by atoms with Gasteiger partial charge in [-0.05, 0) is 18.6 Å². The molecule has 0 atom stereocenters. The van der Waals surface area contributed by atoms with E-state index in [1.807, 2.05) is 0 Å². The molecule has 0 fully saturated rings. The van der Waals surface area contributed by atoms with Gasteiger partial charge in [0, 0.05) is 11.6 Å². The van der Waals surface area contributed by atoms with E-state index in [4.69, 9.17) is 11.6 Å². The van der Waals surface area contributed by atoms with E-state index in [1.165, 1.54) is 6.20 Å². The van der Waals surface area contributed by atoms with Gasteiger partial charge in [-0.3, -0.25) is 4.98 Å². The molecule has 78 valence electrons. The van der Waals surface area contributed by atoms with E-state index in [9.17, 15) is 13.2 Å². The lowest BCUT2D eigenvalue weighted by Gasteiger charge is -2.05. The fraction of sp³-hybridized carbons (Fsp3) is 0.100. The number of rotatable bonds is 0. The van der Waals surface area contributed by atoms with Crippen LogP contribution in [0.4, 0.5) is 13.2 Å². The number of halogens is 4. The second kappa shape index (κ2) is 3.38. The minimum atomic E-state index is -1.53. The Balaban J connectivity index is 2.98. The summed E-state index contributed by atoms with van der Waals surface area (Å²) in [4.78, 5) is 3.68. The fourth-order valence-corrected chi connectivity index (χ4v) is 1.50. The minimum Gasteiger partial charge on any atom is -0.253 e. The first-order valence-electron chi connectivity index (χ1n) is 4.10. The number of nitrogens with zero attached hydrogens (tertiary/aromatic N) is 1. The highest BCUT2D eigenvalue weighted by Crippen LogP contribution is 2.29. The molecule has 2 aromatic rings. The zero-order valence-electron chi connectivity index (χ0n) is 7.61. The molecule has 1 nitrogen and oxygen atoms in total. The van der Waals surface area contributed by atoms with Crippen LogP contribution in [0.15, 0.2) is 12.3 Å². The predicted octanol–water partition coefficient (Wildman–Crippen LogP) is 3.61. The molecule has 0 amide bonds. The third kappa shape index (κ3) is 1.45. The molecule has 1 heterocycles.